The first-order chi connectivity index (χ1) is 20.0. The third-order valence-electron chi connectivity index (χ3n) is 7.91. The lowest BCUT2D eigenvalue weighted by Crippen LogP contribution is -2.02. The Bertz CT molecular complexity index is 2070. The van der Waals surface area contributed by atoms with Gasteiger partial charge >= 0.3 is 0 Å². The van der Waals surface area contributed by atoms with Gasteiger partial charge in [-0.05, 0) is 83.1 Å². The first-order valence-electron chi connectivity index (χ1n) is 13.9. The molecule has 0 aliphatic heterocycles. The van der Waals surface area contributed by atoms with Crippen molar-refractivity contribution in [3.05, 3.63) is 146 Å². The van der Waals surface area contributed by atoms with E-state index in [1.54, 1.807) is 0 Å². The molecule has 6 aromatic carbocycles. The Labute approximate surface area is 240 Å². The third-order valence-corrected chi connectivity index (χ3v) is 9.43. The van der Waals surface area contributed by atoms with Gasteiger partial charge in [-0.25, -0.2) is 0 Å². The molecule has 41 heavy (non-hydrogen) atoms. The van der Waals surface area contributed by atoms with Crippen molar-refractivity contribution >= 4 is 34.3 Å². The number of hydrogen-bond acceptors (Lipinski definition) is 1. The molecule has 0 N–H and O–H groups in total. The topological polar surface area (TPSA) is 22.0 Å². The van der Waals surface area contributed by atoms with Crippen LogP contribution < -0.4 is 5.30 Å². The first kappa shape index (κ1) is 25.3. The molecular formula is C38H30NOP. The van der Waals surface area contributed by atoms with Gasteiger partial charge in [0, 0.05) is 21.8 Å². The summed E-state index contributed by atoms with van der Waals surface area (Å²) in [5.41, 5.74) is 10.5. The smallest absolute Gasteiger partial charge is 0.109 e. The highest BCUT2D eigenvalue weighted by atomic mass is 31.2. The van der Waals surface area contributed by atoms with Crippen LogP contribution in [0, 0.1) is 0 Å². The number of para-hydroxylation sites is 1. The fraction of sp³-hybridized carbons (Fsp3) is 0.0526. The molecule has 198 valence electrons. The van der Waals surface area contributed by atoms with Crippen molar-refractivity contribution < 1.29 is 4.57 Å². The zero-order valence-corrected chi connectivity index (χ0v) is 24.1. The van der Waals surface area contributed by atoms with Crippen molar-refractivity contribution in [1.82, 2.24) is 4.57 Å². The fourth-order valence-corrected chi connectivity index (χ4v) is 6.64. The number of hydrogen-bond donors (Lipinski definition) is 0. The van der Waals surface area contributed by atoms with E-state index < -0.39 is 7.14 Å². The lowest BCUT2D eigenvalue weighted by Gasteiger charge is -2.11. The van der Waals surface area contributed by atoms with Crippen LogP contribution in [0.2, 0.25) is 0 Å². The van der Waals surface area contributed by atoms with Gasteiger partial charge in [-0.1, -0.05) is 109 Å². The fourth-order valence-electron chi connectivity index (χ4n) is 5.74. The Hall–Kier alpha value is -4.65. The molecule has 0 saturated carbocycles. The molecule has 0 radical (unpaired) electrons. The Kier molecular flexibility index (Phi) is 6.22. The van der Waals surface area contributed by atoms with Gasteiger partial charge < -0.3 is 9.13 Å². The van der Waals surface area contributed by atoms with Gasteiger partial charge in [0.1, 0.15) is 7.14 Å². The van der Waals surface area contributed by atoms with E-state index in [1.165, 1.54) is 44.1 Å². The van der Waals surface area contributed by atoms with Gasteiger partial charge in [0.2, 0.25) is 0 Å². The summed E-state index contributed by atoms with van der Waals surface area (Å²) in [4.78, 5) is 0. The van der Waals surface area contributed by atoms with Crippen LogP contribution in [0.5, 0.6) is 0 Å². The molecule has 7 rings (SSSR count). The minimum absolute atomic E-state index is 0.907. The number of rotatable bonds is 5. The molecule has 1 aromatic heterocycles. The lowest BCUT2D eigenvalue weighted by atomic mass is 9.99. The SMILES string of the molecule is CP(C)(=O)c1cccc(-c2ccc3c(c2)c2ccc(-c4ccc(-c5ccccc5)cc4)cc2n3-c2ccccc2)c1. The molecule has 0 saturated heterocycles. The van der Waals surface area contributed by atoms with E-state index in [9.17, 15) is 4.57 Å². The molecular weight excluding hydrogens is 517 g/mol. The van der Waals surface area contributed by atoms with E-state index in [-0.39, 0.29) is 0 Å². The Balaban J connectivity index is 1.39. The van der Waals surface area contributed by atoms with E-state index in [4.69, 9.17) is 0 Å². The summed E-state index contributed by atoms with van der Waals surface area (Å²) < 4.78 is 15.1. The predicted molar refractivity (Wildman–Crippen MR) is 176 cm³/mol. The Morgan fingerprint density at radius 2 is 0.976 bits per heavy atom. The maximum absolute atomic E-state index is 12.8. The quantitative estimate of drug-likeness (QED) is 0.197. The second kappa shape index (κ2) is 10.1. The third kappa shape index (κ3) is 4.71. The van der Waals surface area contributed by atoms with E-state index in [0.29, 0.717) is 0 Å². The molecule has 0 fully saturated rings. The van der Waals surface area contributed by atoms with Crippen LogP contribution in [-0.2, 0) is 4.57 Å². The van der Waals surface area contributed by atoms with Crippen LogP contribution in [0.1, 0.15) is 0 Å². The van der Waals surface area contributed by atoms with Crippen LogP contribution in [-0.4, -0.2) is 17.9 Å². The summed E-state index contributed by atoms with van der Waals surface area (Å²) in [5, 5.41) is 3.32. The van der Waals surface area contributed by atoms with E-state index >= 15 is 0 Å². The number of benzene rings is 6. The maximum atomic E-state index is 12.8. The second-order valence-corrected chi connectivity index (χ2v) is 14.2. The minimum Gasteiger partial charge on any atom is -0.319 e. The summed E-state index contributed by atoms with van der Waals surface area (Å²) in [7, 11) is -2.35. The number of aromatic nitrogens is 1. The van der Waals surface area contributed by atoms with Crippen molar-refractivity contribution in [2.75, 3.05) is 13.3 Å². The van der Waals surface area contributed by atoms with Gasteiger partial charge in [0.15, 0.2) is 0 Å². The summed E-state index contributed by atoms with van der Waals surface area (Å²) in [6.45, 7) is 3.66. The van der Waals surface area contributed by atoms with Crippen LogP contribution in [0.15, 0.2) is 146 Å². The molecule has 3 heteroatoms. The Morgan fingerprint density at radius 3 is 1.68 bits per heavy atom. The summed E-state index contributed by atoms with van der Waals surface area (Å²) >= 11 is 0. The van der Waals surface area contributed by atoms with Crippen molar-refractivity contribution in [1.29, 1.82) is 0 Å². The van der Waals surface area contributed by atoms with Gasteiger partial charge in [-0.2, -0.15) is 0 Å². The molecule has 0 unspecified atom stereocenters. The van der Waals surface area contributed by atoms with Gasteiger partial charge in [0.05, 0.1) is 11.0 Å². The summed E-state index contributed by atoms with van der Waals surface area (Å²) in [6, 6.07) is 51.5. The van der Waals surface area contributed by atoms with Crippen LogP contribution >= 0.6 is 7.14 Å². The highest BCUT2D eigenvalue weighted by Gasteiger charge is 2.16. The first-order valence-corrected chi connectivity index (χ1v) is 16.5. The number of nitrogens with zero attached hydrogens (tertiary/aromatic N) is 1. The molecule has 0 atom stereocenters. The molecule has 0 aliphatic rings. The molecule has 0 spiro atoms. The molecule has 0 aliphatic carbocycles. The largest absolute Gasteiger partial charge is 0.319 e. The Morgan fingerprint density at radius 1 is 0.439 bits per heavy atom. The summed E-state index contributed by atoms with van der Waals surface area (Å²) in [5.74, 6) is 0. The monoisotopic (exact) mass is 547 g/mol. The molecule has 0 bridgehead atoms. The molecule has 0 amide bonds. The van der Waals surface area contributed by atoms with Gasteiger partial charge in [0.25, 0.3) is 0 Å². The van der Waals surface area contributed by atoms with Gasteiger partial charge in [-0.15, -0.1) is 0 Å². The molecule has 1 heterocycles. The van der Waals surface area contributed by atoms with Crippen molar-refractivity contribution in [3.63, 3.8) is 0 Å². The van der Waals surface area contributed by atoms with Gasteiger partial charge in [-0.3, -0.25) is 0 Å². The average molecular weight is 548 g/mol. The zero-order valence-electron chi connectivity index (χ0n) is 23.2. The van der Waals surface area contributed by atoms with E-state index in [1.807, 2.05) is 31.5 Å². The molecule has 2 nitrogen and oxygen atoms in total. The zero-order chi connectivity index (χ0) is 28.0. The van der Waals surface area contributed by atoms with Crippen LogP contribution in [0.25, 0.3) is 60.9 Å². The lowest BCUT2D eigenvalue weighted by molar-refractivity contribution is 0.588. The highest BCUT2D eigenvalue weighted by Crippen LogP contribution is 2.39. The van der Waals surface area contributed by atoms with Crippen LogP contribution in [0.3, 0.4) is 0 Å². The summed E-state index contributed by atoms with van der Waals surface area (Å²) in [6.07, 6.45) is 0. The highest BCUT2D eigenvalue weighted by molar-refractivity contribution is 7.70. The van der Waals surface area contributed by atoms with Crippen LogP contribution in [0.4, 0.5) is 0 Å². The van der Waals surface area contributed by atoms with Crippen molar-refractivity contribution in [2.45, 2.75) is 0 Å². The maximum Gasteiger partial charge on any atom is 0.109 e. The molecule has 7 aromatic rings. The van der Waals surface area contributed by atoms with Crippen molar-refractivity contribution in [2.24, 2.45) is 0 Å². The van der Waals surface area contributed by atoms with Crippen molar-refractivity contribution in [3.8, 4) is 39.1 Å². The normalized spacial score (nSPS) is 11.8. The standard InChI is InChI=1S/C38H30NOP/c1-41(2,40)34-15-9-12-30(24-34)31-21-23-37-36(25-31)35-22-20-32(26-38(35)39(37)33-13-7-4-8-14-33)29-18-16-28(17-19-29)27-10-5-3-6-11-27/h3-26H,1-2H3. The van der Waals surface area contributed by atoms with E-state index in [2.05, 4.69) is 132 Å². The average Bonchev–Trinajstić information content (AvgIpc) is 3.34. The predicted octanol–water partition coefficient (Wildman–Crippen LogP) is 10.0. The number of fused-ring (bicyclic) bond motifs is 3. The minimum atomic E-state index is -2.35. The van der Waals surface area contributed by atoms with E-state index in [0.717, 1.165) is 22.1 Å². The second-order valence-electron chi connectivity index (χ2n) is 11.0.